The highest BCUT2D eigenvalue weighted by Gasteiger charge is 2.19. The zero-order valence-corrected chi connectivity index (χ0v) is 12.8. The van der Waals surface area contributed by atoms with Crippen LogP contribution in [0.4, 0.5) is 0 Å². The first-order valence-electron chi connectivity index (χ1n) is 7.36. The zero-order chi connectivity index (χ0) is 13.0. The predicted molar refractivity (Wildman–Crippen MR) is 80.7 cm³/mol. The second-order valence-corrected chi connectivity index (χ2v) is 8.53. The molecule has 0 saturated carbocycles. The molecule has 0 amide bonds. The fourth-order valence-electron chi connectivity index (χ4n) is 2.16. The maximum absolute atomic E-state index is 12.8. The van der Waals surface area contributed by atoms with Crippen molar-refractivity contribution in [1.29, 1.82) is 0 Å². The van der Waals surface area contributed by atoms with E-state index in [9.17, 15) is 4.57 Å². The molecule has 0 N–H and O–H groups in total. The molecular formula is C15H31OP. The molecule has 0 aliphatic carbocycles. The Bertz CT molecular complexity index is 209. The smallest absolute Gasteiger partial charge is 0.0877 e. The summed E-state index contributed by atoms with van der Waals surface area (Å²) in [5.74, 6) is 0. The van der Waals surface area contributed by atoms with Crippen molar-refractivity contribution in [3.05, 3.63) is 12.7 Å². The minimum Gasteiger partial charge on any atom is -0.324 e. The van der Waals surface area contributed by atoms with Crippen molar-refractivity contribution in [2.45, 2.75) is 65.2 Å². The molecule has 2 heteroatoms. The maximum Gasteiger partial charge on any atom is 0.0877 e. The molecule has 0 aliphatic rings. The van der Waals surface area contributed by atoms with Crippen molar-refractivity contribution in [2.24, 2.45) is 0 Å². The highest BCUT2D eigenvalue weighted by atomic mass is 31.2. The van der Waals surface area contributed by atoms with Crippen molar-refractivity contribution in [2.75, 3.05) is 18.5 Å². The van der Waals surface area contributed by atoms with Gasteiger partial charge in [-0.05, 0) is 25.7 Å². The van der Waals surface area contributed by atoms with Crippen LogP contribution in [0.5, 0.6) is 0 Å². The number of unbranched alkanes of at least 4 members (excludes halogenated alkanes) is 5. The standard InChI is InChI=1S/C15H31OP/c1-4-7-10-13-17(16,14-11-8-5-2)15-12-9-6-3/h4H,1,5-15H2,2-3H3. The monoisotopic (exact) mass is 258 g/mol. The maximum atomic E-state index is 12.8. The molecule has 0 aromatic rings. The van der Waals surface area contributed by atoms with E-state index in [1.54, 1.807) is 0 Å². The van der Waals surface area contributed by atoms with E-state index in [2.05, 4.69) is 20.4 Å². The molecule has 0 saturated heterocycles. The Morgan fingerprint density at radius 3 is 1.76 bits per heavy atom. The van der Waals surface area contributed by atoms with Crippen LogP contribution < -0.4 is 0 Å². The van der Waals surface area contributed by atoms with Gasteiger partial charge in [0, 0.05) is 18.5 Å². The molecule has 0 atom stereocenters. The summed E-state index contributed by atoms with van der Waals surface area (Å²) in [5, 5.41) is 0. The normalized spacial score (nSPS) is 11.6. The van der Waals surface area contributed by atoms with E-state index in [-0.39, 0.29) is 0 Å². The Balaban J connectivity index is 4.04. The Hall–Kier alpha value is -0.0300. The quantitative estimate of drug-likeness (QED) is 0.249. The van der Waals surface area contributed by atoms with Gasteiger partial charge in [0.25, 0.3) is 0 Å². The third-order valence-corrected chi connectivity index (χ3v) is 6.71. The molecule has 0 aromatic heterocycles. The lowest BCUT2D eigenvalue weighted by Crippen LogP contribution is -2.01. The third kappa shape index (κ3) is 9.65. The summed E-state index contributed by atoms with van der Waals surface area (Å²) >= 11 is 0. The van der Waals surface area contributed by atoms with Gasteiger partial charge in [0.1, 0.15) is 0 Å². The fraction of sp³-hybridized carbons (Fsp3) is 0.867. The molecule has 102 valence electrons. The molecule has 0 spiro atoms. The van der Waals surface area contributed by atoms with Gasteiger partial charge in [0.2, 0.25) is 0 Å². The second kappa shape index (κ2) is 11.1. The molecule has 1 nitrogen and oxygen atoms in total. The summed E-state index contributed by atoms with van der Waals surface area (Å²) in [6.45, 7) is 8.16. The lowest BCUT2D eigenvalue weighted by atomic mass is 10.3. The van der Waals surface area contributed by atoms with Crippen LogP contribution in [0, 0.1) is 0 Å². The Morgan fingerprint density at radius 1 is 0.882 bits per heavy atom. The Morgan fingerprint density at radius 2 is 1.35 bits per heavy atom. The van der Waals surface area contributed by atoms with E-state index >= 15 is 0 Å². The van der Waals surface area contributed by atoms with Gasteiger partial charge in [-0.3, -0.25) is 0 Å². The number of rotatable bonds is 12. The van der Waals surface area contributed by atoms with Gasteiger partial charge in [0.05, 0.1) is 7.14 Å². The number of hydrogen-bond donors (Lipinski definition) is 0. The molecule has 0 heterocycles. The van der Waals surface area contributed by atoms with Crippen LogP contribution in [0.1, 0.15) is 65.2 Å². The van der Waals surface area contributed by atoms with Gasteiger partial charge in [-0.2, -0.15) is 0 Å². The van der Waals surface area contributed by atoms with Crippen molar-refractivity contribution in [3.8, 4) is 0 Å². The van der Waals surface area contributed by atoms with Crippen LogP contribution in [-0.2, 0) is 4.57 Å². The van der Waals surface area contributed by atoms with Crippen LogP contribution in [0.2, 0.25) is 0 Å². The first-order valence-corrected chi connectivity index (χ1v) is 9.62. The van der Waals surface area contributed by atoms with Crippen molar-refractivity contribution in [1.82, 2.24) is 0 Å². The molecule has 0 bridgehead atoms. The van der Waals surface area contributed by atoms with Gasteiger partial charge >= 0.3 is 0 Å². The summed E-state index contributed by atoms with van der Waals surface area (Å²) in [4.78, 5) is 0. The highest BCUT2D eigenvalue weighted by molar-refractivity contribution is 7.63. The lowest BCUT2D eigenvalue weighted by molar-refractivity contribution is 0.566. The molecular weight excluding hydrogens is 227 g/mol. The fourth-order valence-corrected chi connectivity index (χ4v) is 5.19. The minimum atomic E-state index is -1.86. The van der Waals surface area contributed by atoms with Crippen LogP contribution in [0.3, 0.4) is 0 Å². The topological polar surface area (TPSA) is 17.1 Å². The molecule has 17 heavy (non-hydrogen) atoms. The summed E-state index contributed by atoms with van der Waals surface area (Å²) in [6, 6.07) is 0. The molecule has 0 unspecified atom stereocenters. The summed E-state index contributed by atoms with van der Waals surface area (Å²) < 4.78 is 12.8. The third-order valence-electron chi connectivity index (χ3n) is 3.31. The van der Waals surface area contributed by atoms with E-state index in [1.165, 1.54) is 25.7 Å². The molecule has 0 fully saturated rings. The predicted octanol–water partition coefficient (Wildman–Crippen LogP) is 5.70. The van der Waals surface area contributed by atoms with Crippen LogP contribution in [0.15, 0.2) is 12.7 Å². The molecule has 0 radical (unpaired) electrons. The lowest BCUT2D eigenvalue weighted by Gasteiger charge is -2.18. The Labute approximate surface area is 108 Å². The van der Waals surface area contributed by atoms with E-state index in [1.807, 2.05) is 6.08 Å². The van der Waals surface area contributed by atoms with Crippen LogP contribution in [0.25, 0.3) is 0 Å². The molecule has 0 aliphatic heterocycles. The number of hydrogen-bond acceptors (Lipinski definition) is 1. The molecule has 0 rings (SSSR count). The Kier molecular flexibility index (Phi) is 11.1. The first kappa shape index (κ1) is 17.0. The summed E-state index contributed by atoms with van der Waals surface area (Å²) in [6.07, 6.45) is 14.2. The van der Waals surface area contributed by atoms with E-state index < -0.39 is 7.14 Å². The van der Waals surface area contributed by atoms with Crippen LogP contribution >= 0.6 is 7.14 Å². The summed E-state index contributed by atoms with van der Waals surface area (Å²) in [5.41, 5.74) is 0. The minimum absolute atomic E-state index is 0.951. The number of allylic oxidation sites excluding steroid dienone is 1. The zero-order valence-electron chi connectivity index (χ0n) is 11.9. The van der Waals surface area contributed by atoms with Crippen molar-refractivity contribution >= 4 is 7.14 Å². The van der Waals surface area contributed by atoms with E-state index in [0.717, 1.165) is 44.2 Å². The highest BCUT2D eigenvalue weighted by Crippen LogP contribution is 2.48. The van der Waals surface area contributed by atoms with Gasteiger partial charge in [-0.25, -0.2) is 0 Å². The molecule has 0 aromatic carbocycles. The van der Waals surface area contributed by atoms with Gasteiger partial charge in [-0.1, -0.05) is 45.6 Å². The van der Waals surface area contributed by atoms with Crippen LogP contribution in [-0.4, -0.2) is 18.5 Å². The largest absolute Gasteiger partial charge is 0.324 e. The summed E-state index contributed by atoms with van der Waals surface area (Å²) in [7, 11) is -1.86. The van der Waals surface area contributed by atoms with E-state index in [4.69, 9.17) is 0 Å². The van der Waals surface area contributed by atoms with Gasteiger partial charge < -0.3 is 4.57 Å². The average Bonchev–Trinajstić information content (AvgIpc) is 2.30. The van der Waals surface area contributed by atoms with Gasteiger partial charge in [-0.15, -0.1) is 6.58 Å². The second-order valence-electron chi connectivity index (χ2n) is 5.07. The van der Waals surface area contributed by atoms with E-state index in [0.29, 0.717) is 0 Å². The van der Waals surface area contributed by atoms with Crippen molar-refractivity contribution in [3.63, 3.8) is 0 Å². The SMILES string of the molecule is C=CCCCP(=O)(CCCCC)CCCCC. The van der Waals surface area contributed by atoms with Gasteiger partial charge in [0.15, 0.2) is 0 Å². The van der Waals surface area contributed by atoms with Crippen molar-refractivity contribution < 1.29 is 4.57 Å². The average molecular weight is 258 g/mol. The first-order chi connectivity index (χ1) is 8.18.